The maximum atomic E-state index is 9.20. The van der Waals surface area contributed by atoms with E-state index in [-0.39, 0.29) is 0 Å². The van der Waals surface area contributed by atoms with E-state index in [9.17, 15) is 5.26 Å². The number of nitrogens with zero attached hydrogens (tertiary/aromatic N) is 2. The molecule has 0 amide bonds. The van der Waals surface area contributed by atoms with Crippen LogP contribution in [0.1, 0.15) is 5.56 Å². The minimum absolute atomic E-state index is 0.420. The van der Waals surface area contributed by atoms with Crippen LogP contribution in [-0.2, 0) is 0 Å². The van der Waals surface area contributed by atoms with Gasteiger partial charge in [0, 0.05) is 30.2 Å². The molecule has 1 aromatic carbocycles. The van der Waals surface area contributed by atoms with Gasteiger partial charge >= 0.3 is 0 Å². The average molecular weight is 250 g/mol. The second-order valence-electron chi connectivity index (χ2n) is 4.72. The first-order chi connectivity index (χ1) is 9.19. The Morgan fingerprint density at radius 2 is 2.26 bits per heavy atom. The molecule has 0 saturated carbocycles. The van der Waals surface area contributed by atoms with E-state index in [0.29, 0.717) is 11.4 Å². The smallest absolute Gasteiger partial charge is 0.119 e. The van der Waals surface area contributed by atoms with Gasteiger partial charge in [-0.3, -0.25) is 0 Å². The lowest BCUT2D eigenvalue weighted by molar-refractivity contribution is 0.961. The van der Waals surface area contributed by atoms with Gasteiger partial charge in [0.2, 0.25) is 0 Å². The van der Waals surface area contributed by atoms with E-state index in [1.165, 1.54) is 5.56 Å². The average Bonchev–Trinajstić information content (AvgIpc) is 2.83. The van der Waals surface area contributed by atoms with Gasteiger partial charge < -0.3 is 16.0 Å². The summed E-state index contributed by atoms with van der Waals surface area (Å²) in [4.78, 5) is 2.13. The molecular formula is C15H14N4. The largest absolute Gasteiger partial charge is 0.384 e. The Kier molecular flexibility index (Phi) is 2.53. The summed E-state index contributed by atoms with van der Waals surface area (Å²) in [7, 11) is 0. The molecule has 94 valence electrons. The zero-order chi connectivity index (χ0) is 13.4. The van der Waals surface area contributed by atoms with E-state index in [2.05, 4.69) is 41.4 Å². The molecule has 0 aliphatic carbocycles. The summed E-state index contributed by atoms with van der Waals surface area (Å²) in [5.41, 5.74) is 10.7. The zero-order valence-corrected chi connectivity index (χ0v) is 10.6. The van der Waals surface area contributed by atoms with Crippen LogP contribution in [0.2, 0.25) is 0 Å². The molecule has 0 atom stereocenters. The summed E-state index contributed by atoms with van der Waals surface area (Å²) in [6.07, 6.45) is 3.87. The van der Waals surface area contributed by atoms with E-state index in [1.807, 2.05) is 18.5 Å². The molecule has 0 spiro atoms. The van der Waals surface area contributed by atoms with Gasteiger partial charge in [0.25, 0.3) is 0 Å². The molecule has 0 radical (unpaired) electrons. The lowest BCUT2D eigenvalue weighted by atomic mass is 10.0. The normalized spacial score (nSPS) is 17.4. The van der Waals surface area contributed by atoms with Crippen molar-refractivity contribution in [3.8, 4) is 6.07 Å². The molecular weight excluding hydrogens is 236 g/mol. The van der Waals surface area contributed by atoms with Crippen LogP contribution in [0.3, 0.4) is 0 Å². The van der Waals surface area contributed by atoms with Crippen LogP contribution in [0, 0.1) is 18.3 Å². The van der Waals surface area contributed by atoms with Gasteiger partial charge in [-0.15, -0.1) is 0 Å². The number of nitriles is 1. The second kappa shape index (κ2) is 4.21. The Labute approximate surface area is 112 Å². The van der Waals surface area contributed by atoms with Crippen molar-refractivity contribution in [2.75, 3.05) is 11.4 Å². The third-order valence-electron chi connectivity index (χ3n) is 3.36. The van der Waals surface area contributed by atoms with Gasteiger partial charge in [0.15, 0.2) is 0 Å². The van der Waals surface area contributed by atoms with E-state index < -0.39 is 0 Å². The first-order valence-electron chi connectivity index (χ1n) is 6.10. The Hall–Kier alpha value is -2.67. The molecule has 4 heteroatoms. The number of allylic oxidation sites excluding steroid dienone is 1. The number of rotatable bonds is 1. The number of nitrogens with one attached hydrogen (secondary N) is 1. The highest BCUT2D eigenvalue weighted by atomic mass is 15.1. The maximum Gasteiger partial charge on any atom is 0.119 e. The topological polar surface area (TPSA) is 65.1 Å². The van der Waals surface area contributed by atoms with Gasteiger partial charge in [-0.05, 0) is 30.2 Å². The van der Waals surface area contributed by atoms with Crippen LogP contribution in [0.25, 0.3) is 0 Å². The molecule has 1 aromatic rings. The molecule has 0 aromatic heterocycles. The molecule has 0 bridgehead atoms. The van der Waals surface area contributed by atoms with Gasteiger partial charge in [-0.1, -0.05) is 12.1 Å². The van der Waals surface area contributed by atoms with Crippen LogP contribution >= 0.6 is 0 Å². The van der Waals surface area contributed by atoms with Crippen molar-refractivity contribution in [3.63, 3.8) is 0 Å². The Balaban J connectivity index is 2.01. The Morgan fingerprint density at radius 1 is 1.42 bits per heavy atom. The quantitative estimate of drug-likeness (QED) is 0.798. The van der Waals surface area contributed by atoms with Crippen molar-refractivity contribution in [2.24, 2.45) is 5.73 Å². The van der Waals surface area contributed by atoms with E-state index in [0.717, 1.165) is 23.4 Å². The zero-order valence-electron chi connectivity index (χ0n) is 10.6. The van der Waals surface area contributed by atoms with Crippen LogP contribution in [0.5, 0.6) is 0 Å². The number of hydrogen-bond acceptors (Lipinski definition) is 4. The highest BCUT2D eigenvalue weighted by molar-refractivity contribution is 5.67. The third-order valence-corrected chi connectivity index (χ3v) is 3.36. The molecule has 19 heavy (non-hydrogen) atoms. The number of dihydropyridines is 1. The van der Waals surface area contributed by atoms with Crippen LogP contribution in [-0.4, -0.2) is 6.54 Å². The Bertz CT molecular complexity index is 674. The summed E-state index contributed by atoms with van der Waals surface area (Å²) >= 11 is 0. The number of benzene rings is 1. The number of hydrogen-bond donors (Lipinski definition) is 2. The fourth-order valence-corrected chi connectivity index (χ4v) is 2.38. The SMILES string of the molecule is Cc1cccc(N2C=C3C(=CNC(N)=C3C#N)C2)c1. The predicted octanol–water partition coefficient (Wildman–Crippen LogP) is 1.88. The van der Waals surface area contributed by atoms with E-state index in [1.54, 1.807) is 0 Å². The van der Waals surface area contributed by atoms with E-state index in [4.69, 9.17) is 5.73 Å². The number of fused-ring (bicyclic) bond motifs is 1. The van der Waals surface area contributed by atoms with Crippen molar-refractivity contribution in [2.45, 2.75) is 6.92 Å². The number of anilines is 1. The van der Waals surface area contributed by atoms with Crippen LogP contribution < -0.4 is 16.0 Å². The summed E-state index contributed by atoms with van der Waals surface area (Å²) in [6, 6.07) is 10.5. The molecule has 0 saturated heterocycles. The fourth-order valence-electron chi connectivity index (χ4n) is 2.38. The molecule has 3 N–H and O–H groups in total. The van der Waals surface area contributed by atoms with Gasteiger partial charge in [-0.25, -0.2) is 0 Å². The van der Waals surface area contributed by atoms with Gasteiger partial charge in [0.05, 0.1) is 0 Å². The molecule has 3 rings (SSSR count). The van der Waals surface area contributed by atoms with Crippen LogP contribution in [0.4, 0.5) is 5.69 Å². The second-order valence-corrected chi connectivity index (χ2v) is 4.72. The minimum Gasteiger partial charge on any atom is -0.384 e. The van der Waals surface area contributed by atoms with E-state index >= 15 is 0 Å². The van der Waals surface area contributed by atoms with Crippen LogP contribution in [0.15, 0.2) is 59.2 Å². The number of aryl methyl sites for hydroxylation is 1. The predicted molar refractivity (Wildman–Crippen MR) is 74.7 cm³/mol. The molecule has 2 aliphatic rings. The molecule has 2 aliphatic heterocycles. The molecule has 4 nitrogen and oxygen atoms in total. The monoisotopic (exact) mass is 250 g/mol. The lowest BCUT2D eigenvalue weighted by Crippen LogP contribution is -2.22. The maximum absolute atomic E-state index is 9.20. The highest BCUT2D eigenvalue weighted by Crippen LogP contribution is 2.32. The van der Waals surface area contributed by atoms with Crippen molar-refractivity contribution in [1.29, 1.82) is 5.26 Å². The summed E-state index contributed by atoms with van der Waals surface area (Å²) in [6.45, 7) is 2.82. The van der Waals surface area contributed by atoms with Gasteiger partial charge in [0.1, 0.15) is 17.5 Å². The lowest BCUT2D eigenvalue weighted by Gasteiger charge is -2.16. The molecule has 2 heterocycles. The summed E-state index contributed by atoms with van der Waals surface area (Å²) in [5, 5.41) is 12.1. The first kappa shape index (κ1) is 11.4. The van der Waals surface area contributed by atoms with Crippen molar-refractivity contribution >= 4 is 5.69 Å². The highest BCUT2D eigenvalue weighted by Gasteiger charge is 2.26. The van der Waals surface area contributed by atoms with Crippen molar-refractivity contribution in [3.05, 3.63) is 64.8 Å². The molecule has 0 unspecified atom stereocenters. The van der Waals surface area contributed by atoms with Crippen molar-refractivity contribution < 1.29 is 0 Å². The summed E-state index contributed by atoms with van der Waals surface area (Å²) in [5.74, 6) is 0.420. The van der Waals surface area contributed by atoms with Crippen molar-refractivity contribution in [1.82, 2.24) is 5.32 Å². The fraction of sp³-hybridized carbons (Fsp3) is 0.133. The number of nitrogens with two attached hydrogens (primary N) is 1. The Morgan fingerprint density at radius 3 is 3.00 bits per heavy atom. The third kappa shape index (κ3) is 1.85. The summed E-state index contributed by atoms with van der Waals surface area (Å²) < 4.78 is 0. The minimum atomic E-state index is 0.420. The molecule has 0 fully saturated rings. The standard InChI is InChI=1S/C15H14N4/c1-10-3-2-4-12(5-10)19-8-11-7-18-15(17)13(6-16)14(11)9-19/h2-5,7,9,18H,8,17H2,1H3. The first-order valence-corrected chi connectivity index (χ1v) is 6.10. The van der Waals surface area contributed by atoms with Gasteiger partial charge in [-0.2, -0.15) is 5.26 Å².